The molecule has 1 aliphatic heterocycles. The molecule has 0 saturated carbocycles. The summed E-state index contributed by atoms with van der Waals surface area (Å²) in [5.74, 6) is -0.178. The van der Waals surface area contributed by atoms with Crippen LogP contribution < -0.4 is 5.32 Å². The molecule has 1 rings (SSSR count). The van der Waals surface area contributed by atoms with Gasteiger partial charge in [0.2, 0.25) is 5.91 Å². The number of carbonyl (C=O) groups excluding carboxylic acids is 1. The second-order valence-corrected chi connectivity index (χ2v) is 27.9. The number of aliphatic hydroxyl groups excluding tert-OH is 5. The molecule has 7 atom stereocenters. The third-order valence-electron chi connectivity index (χ3n) is 19.2. The molecule has 0 aromatic heterocycles. The van der Waals surface area contributed by atoms with Crippen LogP contribution in [0, 0.1) is 0 Å². The highest BCUT2D eigenvalue weighted by atomic mass is 16.7. The summed E-state index contributed by atoms with van der Waals surface area (Å²) in [5, 5.41) is 54.9. The first-order valence-electron chi connectivity index (χ1n) is 39.7. The molecule has 89 heavy (non-hydrogen) atoms. The molecule has 1 saturated heterocycles. The van der Waals surface area contributed by atoms with Gasteiger partial charge in [0.1, 0.15) is 24.4 Å². The maximum atomic E-state index is 13.2. The fourth-order valence-electron chi connectivity index (χ4n) is 13.0. The maximum Gasteiger partial charge on any atom is 0.220 e. The van der Waals surface area contributed by atoms with Gasteiger partial charge >= 0.3 is 0 Å². The van der Waals surface area contributed by atoms with E-state index in [1.54, 1.807) is 6.08 Å². The Morgan fingerprint density at radius 1 is 0.371 bits per heavy atom. The summed E-state index contributed by atoms with van der Waals surface area (Å²) in [6.45, 7) is 3.83. The standard InChI is InChI=1S/C80H153NO8/c1-3-5-7-9-11-13-15-17-19-21-23-25-27-29-31-33-35-36-37-38-40-42-44-46-48-50-52-54-56-58-60-62-64-66-68-70-76(84)81-73(72-88-80-79(87)78(86)77(85)75(71-82)89-80)74(83)69-67-65-63-61-59-57-55-53-51-49-47-45-43-41-39-34-32-30-28-26-24-22-20-18-16-14-12-10-8-6-4-2/h21,23,59,61,67,69,73-75,77-80,82-83,85-87H,3-20,22,24-58,60,62-66,68,70-72H2,1-2H3,(H,81,84)/b23-21-,61-59+,69-67+. The first-order chi connectivity index (χ1) is 43.8. The van der Waals surface area contributed by atoms with Crippen LogP contribution in [0.3, 0.4) is 0 Å². The fraction of sp³-hybridized carbons (Fsp3) is 0.912. The minimum Gasteiger partial charge on any atom is -0.394 e. The molecule has 0 aliphatic carbocycles. The Kier molecular flexibility index (Phi) is 66.5. The second kappa shape index (κ2) is 69.2. The molecule has 9 heteroatoms. The average Bonchev–Trinajstić information content (AvgIpc) is 2.28. The zero-order chi connectivity index (χ0) is 64.2. The monoisotopic (exact) mass is 1260 g/mol. The summed E-state index contributed by atoms with van der Waals surface area (Å²) in [7, 11) is 0. The number of rotatable bonds is 71. The average molecular weight is 1260 g/mol. The van der Waals surface area contributed by atoms with Crippen LogP contribution >= 0.6 is 0 Å². The van der Waals surface area contributed by atoms with Gasteiger partial charge in [-0.25, -0.2) is 0 Å². The molecule has 6 N–H and O–H groups in total. The van der Waals surface area contributed by atoms with E-state index in [2.05, 4.69) is 43.5 Å². The van der Waals surface area contributed by atoms with Crippen LogP contribution in [0.15, 0.2) is 36.5 Å². The van der Waals surface area contributed by atoms with E-state index in [1.165, 1.54) is 353 Å². The predicted molar refractivity (Wildman–Crippen MR) is 383 cm³/mol. The molecule has 9 nitrogen and oxygen atoms in total. The molecule has 0 bridgehead atoms. The van der Waals surface area contributed by atoms with Crippen molar-refractivity contribution < 1.29 is 39.8 Å². The van der Waals surface area contributed by atoms with Crippen LogP contribution in [0.1, 0.15) is 412 Å². The van der Waals surface area contributed by atoms with Crippen molar-refractivity contribution in [1.82, 2.24) is 5.32 Å². The van der Waals surface area contributed by atoms with Crippen molar-refractivity contribution in [2.45, 2.75) is 455 Å². The molecule has 0 radical (unpaired) electrons. The van der Waals surface area contributed by atoms with Crippen LogP contribution in [0.25, 0.3) is 0 Å². The third-order valence-corrected chi connectivity index (χ3v) is 19.2. The highest BCUT2D eigenvalue weighted by molar-refractivity contribution is 5.76. The summed E-state index contributed by atoms with van der Waals surface area (Å²) in [6.07, 6.45) is 87.3. The normalized spacial score (nSPS) is 17.9. The highest BCUT2D eigenvalue weighted by Crippen LogP contribution is 2.24. The Hall–Kier alpha value is -1.59. The van der Waals surface area contributed by atoms with Crippen LogP contribution in [0.2, 0.25) is 0 Å². The lowest BCUT2D eigenvalue weighted by atomic mass is 9.99. The van der Waals surface area contributed by atoms with Crippen LogP contribution in [-0.2, 0) is 14.3 Å². The van der Waals surface area contributed by atoms with E-state index in [0.717, 1.165) is 38.5 Å². The lowest BCUT2D eigenvalue weighted by Gasteiger charge is -2.40. The zero-order valence-corrected chi connectivity index (χ0v) is 59.2. The molecule has 0 aromatic rings. The molecule has 7 unspecified atom stereocenters. The summed E-state index contributed by atoms with van der Waals surface area (Å²) < 4.78 is 11.3. The lowest BCUT2D eigenvalue weighted by molar-refractivity contribution is -0.302. The molecule has 1 fully saturated rings. The summed E-state index contributed by atoms with van der Waals surface area (Å²) >= 11 is 0. The number of unbranched alkanes of at least 4 members (excludes halogenated alkanes) is 57. The first-order valence-corrected chi connectivity index (χ1v) is 39.7. The van der Waals surface area contributed by atoms with Gasteiger partial charge in [-0.15, -0.1) is 0 Å². The molecular formula is C80H153NO8. The molecule has 1 heterocycles. The molecule has 1 amide bonds. The van der Waals surface area contributed by atoms with Crippen molar-refractivity contribution in [3.05, 3.63) is 36.5 Å². The highest BCUT2D eigenvalue weighted by Gasteiger charge is 2.44. The Bertz CT molecular complexity index is 1500. The minimum atomic E-state index is -1.57. The smallest absolute Gasteiger partial charge is 0.220 e. The second-order valence-electron chi connectivity index (χ2n) is 27.9. The molecule has 0 aromatic carbocycles. The Morgan fingerprint density at radius 2 is 0.640 bits per heavy atom. The van der Waals surface area contributed by atoms with Gasteiger partial charge in [-0.05, 0) is 57.8 Å². The summed E-state index contributed by atoms with van der Waals surface area (Å²) in [4.78, 5) is 13.2. The van der Waals surface area contributed by atoms with Crippen molar-refractivity contribution in [3.63, 3.8) is 0 Å². The number of hydrogen-bond donors (Lipinski definition) is 6. The van der Waals surface area contributed by atoms with Crippen molar-refractivity contribution in [1.29, 1.82) is 0 Å². The summed E-state index contributed by atoms with van der Waals surface area (Å²) in [6, 6.07) is -0.822. The first kappa shape index (κ1) is 85.4. The Morgan fingerprint density at radius 3 is 0.944 bits per heavy atom. The number of nitrogens with one attached hydrogen (secondary N) is 1. The lowest BCUT2D eigenvalue weighted by Crippen LogP contribution is -2.60. The number of aliphatic hydroxyl groups is 5. The van der Waals surface area contributed by atoms with E-state index in [0.29, 0.717) is 6.42 Å². The summed E-state index contributed by atoms with van der Waals surface area (Å²) in [5.41, 5.74) is 0. The van der Waals surface area contributed by atoms with E-state index in [4.69, 9.17) is 9.47 Å². The fourth-order valence-corrected chi connectivity index (χ4v) is 13.0. The maximum absolute atomic E-state index is 13.2. The Labute approximate surface area is 552 Å². The van der Waals surface area contributed by atoms with Crippen molar-refractivity contribution in [3.8, 4) is 0 Å². The largest absolute Gasteiger partial charge is 0.394 e. The van der Waals surface area contributed by atoms with Crippen LogP contribution in [0.5, 0.6) is 0 Å². The minimum absolute atomic E-state index is 0.178. The van der Waals surface area contributed by atoms with Crippen LogP contribution in [-0.4, -0.2) is 87.5 Å². The van der Waals surface area contributed by atoms with Crippen molar-refractivity contribution in [2.75, 3.05) is 13.2 Å². The van der Waals surface area contributed by atoms with Gasteiger partial charge in [-0.3, -0.25) is 4.79 Å². The van der Waals surface area contributed by atoms with Gasteiger partial charge in [0.15, 0.2) is 6.29 Å². The molecular weight excluding hydrogens is 1100 g/mol. The predicted octanol–water partition coefficient (Wildman–Crippen LogP) is 22.5. The molecule has 1 aliphatic rings. The van der Waals surface area contributed by atoms with Crippen molar-refractivity contribution in [2.24, 2.45) is 0 Å². The number of hydrogen-bond acceptors (Lipinski definition) is 8. The molecule has 526 valence electrons. The quantitative estimate of drug-likeness (QED) is 0.0261. The van der Waals surface area contributed by atoms with Gasteiger partial charge in [0.05, 0.1) is 25.4 Å². The van der Waals surface area contributed by atoms with E-state index in [9.17, 15) is 30.3 Å². The van der Waals surface area contributed by atoms with Gasteiger partial charge in [-0.1, -0.05) is 384 Å². The van der Waals surface area contributed by atoms with Gasteiger partial charge in [0, 0.05) is 6.42 Å². The van der Waals surface area contributed by atoms with Crippen molar-refractivity contribution >= 4 is 5.91 Å². The SMILES string of the molecule is CCCCCCCCCC/C=C\CCCCCCCCCCCCCCCCCCCCCCCCCC(=O)NC(COC1OC(CO)C(O)C(O)C1O)C(O)/C=C/CC/C=C/CCCCCCCCCCCCCCCCCCCCCCCCCCC. The number of amides is 1. The van der Waals surface area contributed by atoms with E-state index in [-0.39, 0.29) is 12.5 Å². The van der Waals surface area contributed by atoms with E-state index < -0.39 is 49.5 Å². The molecule has 0 spiro atoms. The zero-order valence-electron chi connectivity index (χ0n) is 59.2. The Balaban J connectivity index is 2.08. The van der Waals surface area contributed by atoms with Gasteiger partial charge < -0.3 is 40.3 Å². The third kappa shape index (κ3) is 57.6. The van der Waals surface area contributed by atoms with E-state index >= 15 is 0 Å². The van der Waals surface area contributed by atoms with E-state index in [1.807, 2.05) is 6.08 Å². The van der Waals surface area contributed by atoms with Gasteiger partial charge in [-0.2, -0.15) is 0 Å². The number of ether oxygens (including phenoxy) is 2. The van der Waals surface area contributed by atoms with Crippen LogP contribution in [0.4, 0.5) is 0 Å². The van der Waals surface area contributed by atoms with Gasteiger partial charge in [0.25, 0.3) is 0 Å². The number of allylic oxidation sites excluding steroid dienone is 5. The topological polar surface area (TPSA) is 149 Å². The number of carbonyl (C=O) groups is 1.